The minimum atomic E-state index is -1.06. The van der Waals surface area contributed by atoms with Crippen LogP contribution >= 0.6 is 11.6 Å². The smallest absolute Gasteiger partial charge is 0.235 e. The van der Waals surface area contributed by atoms with Gasteiger partial charge in [-0.15, -0.1) is 0 Å². The third-order valence-electron chi connectivity index (χ3n) is 4.09. The largest absolute Gasteiger partial charge is 0.283 e. The van der Waals surface area contributed by atoms with Gasteiger partial charge < -0.3 is 0 Å². The predicted octanol–water partition coefficient (Wildman–Crippen LogP) is 5.44. The summed E-state index contributed by atoms with van der Waals surface area (Å²) in [5.41, 5.74) is 1.71. The first kappa shape index (κ1) is 16.6. The lowest BCUT2D eigenvalue weighted by molar-refractivity contribution is 0.548. The standard InChI is InChI=1S/C19H11ClF3N3/c1-10-2-4-11(5-3-10)17-16(15-13(22)8-12(21)9-14(15)23)18(20)25-19-24-6-7-26(17)19/h2-9H,1H3. The summed E-state index contributed by atoms with van der Waals surface area (Å²) in [5.74, 6) is -2.83. The van der Waals surface area contributed by atoms with E-state index in [1.165, 1.54) is 6.20 Å². The van der Waals surface area contributed by atoms with Gasteiger partial charge in [-0.3, -0.25) is 4.40 Å². The molecule has 0 fully saturated rings. The fraction of sp³-hybridized carbons (Fsp3) is 0.0526. The molecule has 0 N–H and O–H groups in total. The molecule has 130 valence electrons. The molecule has 7 heteroatoms. The Hall–Kier alpha value is -2.86. The first-order valence-electron chi connectivity index (χ1n) is 7.70. The number of aromatic nitrogens is 3. The molecule has 0 aliphatic heterocycles. The Bertz CT molecular complexity index is 1110. The van der Waals surface area contributed by atoms with Gasteiger partial charge >= 0.3 is 0 Å². The second-order valence-electron chi connectivity index (χ2n) is 5.83. The first-order chi connectivity index (χ1) is 12.5. The second-order valence-corrected chi connectivity index (χ2v) is 6.19. The number of hydrogen-bond acceptors (Lipinski definition) is 2. The van der Waals surface area contributed by atoms with Crippen LogP contribution in [0, 0.1) is 24.4 Å². The van der Waals surface area contributed by atoms with Crippen LogP contribution in [0.2, 0.25) is 5.15 Å². The Labute approximate surface area is 151 Å². The molecule has 0 unspecified atom stereocenters. The van der Waals surface area contributed by atoms with Gasteiger partial charge in [0.2, 0.25) is 5.78 Å². The summed E-state index contributed by atoms with van der Waals surface area (Å²) >= 11 is 6.27. The summed E-state index contributed by atoms with van der Waals surface area (Å²) in [5, 5.41) is -0.122. The zero-order valence-corrected chi connectivity index (χ0v) is 14.2. The maximum Gasteiger partial charge on any atom is 0.235 e. The molecule has 4 rings (SSSR count). The van der Waals surface area contributed by atoms with E-state index in [9.17, 15) is 13.2 Å². The molecule has 26 heavy (non-hydrogen) atoms. The third kappa shape index (κ3) is 2.63. The molecule has 2 heterocycles. The topological polar surface area (TPSA) is 30.2 Å². The van der Waals surface area contributed by atoms with Crippen molar-refractivity contribution >= 4 is 17.4 Å². The molecular weight excluding hydrogens is 363 g/mol. The van der Waals surface area contributed by atoms with E-state index in [1.807, 2.05) is 31.2 Å². The van der Waals surface area contributed by atoms with Crippen LogP contribution in [-0.2, 0) is 0 Å². The van der Waals surface area contributed by atoms with Crippen molar-refractivity contribution in [2.45, 2.75) is 6.92 Å². The normalized spacial score (nSPS) is 11.3. The van der Waals surface area contributed by atoms with Gasteiger partial charge in [0.05, 0.1) is 11.3 Å². The molecule has 0 spiro atoms. The number of imidazole rings is 1. The number of fused-ring (bicyclic) bond motifs is 1. The van der Waals surface area contributed by atoms with E-state index >= 15 is 0 Å². The minimum absolute atomic E-state index is 0.0380. The second kappa shape index (κ2) is 6.14. The van der Waals surface area contributed by atoms with E-state index in [0.29, 0.717) is 23.4 Å². The Kier molecular flexibility index (Phi) is 3.92. The summed E-state index contributed by atoms with van der Waals surface area (Å²) in [4.78, 5) is 8.21. The molecule has 0 aliphatic carbocycles. The Morgan fingerprint density at radius 2 is 1.62 bits per heavy atom. The van der Waals surface area contributed by atoms with Crippen molar-refractivity contribution in [1.82, 2.24) is 14.4 Å². The van der Waals surface area contributed by atoms with E-state index in [1.54, 1.807) is 10.6 Å². The van der Waals surface area contributed by atoms with Gasteiger partial charge in [0.25, 0.3) is 0 Å². The van der Waals surface area contributed by atoms with E-state index < -0.39 is 23.0 Å². The third-order valence-corrected chi connectivity index (χ3v) is 4.36. The lowest BCUT2D eigenvalue weighted by Crippen LogP contribution is -2.03. The van der Waals surface area contributed by atoms with Gasteiger partial charge in [-0.1, -0.05) is 41.4 Å². The number of aryl methyl sites for hydroxylation is 1. The molecule has 4 aromatic rings. The quantitative estimate of drug-likeness (QED) is 0.438. The molecule has 2 aromatic carbocycles. The van der Waals surface area contributed by atoms with Gasteiger partial charge in [0.1, 0.15) is 22.6 Å². The fourth-order valence-corrected chi connectivity index (χ4v) is 3.17. The molecular formula is C19H11ClF3N3. The fourth-order valence-electron chi connectivity index (χ4n) is 2.91. The zero-order valence-electron chi connectivity index (χ0n) is 13.5. The predicted molar refractivity (Wildman–Crippen MR) is 93.5 cm³/mol. The average Bonchev–Trinajstić information content (AvgIpc) is 3.03. The number of halogens is 4. The summed E-state index contributed by atoms with van der Waals surface area (Å²) in [6.07, 6.45) is 3.13. The van der Waals surface area contributed by atoms with E-state index in [2.05, 4.69) is 9.97 Å². The SMILES string of the molecule is Cc1ccc(-c2c(-c3c(F)cc(F)cc3F)c(Cl)nc3nccn23)cc1. The van der Waals surface area contributed by atoms with Gasteiger partial charge in [-0.2, -0.15) is 4.98 Å². The van der Waals surface area contributed by atoms with Crippen LogP contribution in [0.15, 0.2) is 48.8 Å². The number of benzene rings is 2. The summed E-state index contributed by atoms with van der Waals surface area (Å²) in [6.45, 7) is 1.93. The summed E-state index contributed by atoms with van der Waals surface area (Å²) in [7, 11) is 0. The molecule has 0 bridgehead atoms. The van der Waals surface area contributed by atoms with Crippen LogP contribution < -0.4 is 0 Å². The highest BCUT2D eigenvalue weighted by molar-refractivity contribution is 6.33. The molecule has 0 amide bonds. The molecule has 0 saturated carbocycles. The lowest BCUT2D eigenvalue weighted by atomic mass is 9.98. The average molecular weight is 374 g/mol. The number of nitrogens with zero attached hydrogens (tertiary/aromatic N) is 3. The first-order valence-corrected chi connectivity index (χ1v) is 8.08. The highest BCUT2D eigenvalue weighted by atomic mass is 35.5. The summed E-state index contributed by atoms with van der Waals surface area (Å²) < 4.78 is 43.9. The van der Waals surface area contributed by atoms with Crippen molar-refractivity contribution in [3.63, 3.8) is 0 Å². The zero-order chi connectivity index (χ0) is 18.4. The van der Waals surface area contributed by atoms with Gasteiger partial charge in [-0.25, -0.2) is 18.2 Å². The maximum atomic E-state index is 14.5. The number of hydrogen-bond donors (Lipinski definition) is 0. The molecule has 3 nitrogen and oxygen atoms in total. The van der Waals surface area contributed by atoms with E-state index in [0.717, 1.165) is 5.56 Å². The monoisotopic (exact) mass is 373 g/mol. The Morgan fingerprint density at radius 1 is 0.962 bits per heavy atom. The number of rotatable bonds is 2. The minimum Gasteiger partial charge on any atom is -0.283 e. The van der Waals surface area contributed by atoms with Crippen molar-refractivity contribution in [1.29, 1.82) is 0 Å². The molecule has 0 saturated heterocycles. The van der Waals surface area contributed by atoms with Crippen LogP contribution in [0.1, 0.15) is 5.56 Å². The molecule has 2 aromatic heterocycles. The highest BCUT2D eigenvalue weighted by Crippen LogP contribution is 2.39. The molecule has 0 aliphatic rings. The van der Waals surface area contributed by atoms with Crippen LogP contribution in [0.5, 0.6) is 0 Å². The van der Waals surface area contributed by atoms with Crippen molar-refractivity contribution < 1.29 is 13.2 Å². The van der Waals surface area contributed by atoms with Crippen molar-refractivity contribution in [3.8, 4) is 22.4 Å². The van der Waals surface area contributed by atoms with Gasteiger partial charge in [-0.05, 0) is 12.5 Å². The molecule has 0 atom stereocenters. The van der Waals surface area contributed by atoms with Crippen LogP contribution in [0.3, 0.4) is 0 Å². The van der Waals surface area contributed by atoms with Crippen molar-refractivity contribution in [2.75, 3.05) is 0 Å². The Balaban J connectivity index is 2.15. The van der Waals surface area contributed by atoms with E-state index in [-0.39, 0.29) is 16.5 Å². The van der Waals surface area contributed by atoms with Gasteiger partial charge in [0.15, 0.2) is 0 Å². The molecule has 0 radical (unpaired) electrons. The van der Waals surface area contributed by atoms with Crippen LogP contribution in [-0.4, -0.2) is 14.4 Å². The van der Waals surface area contributed by atoms with Crippen LogP contribution in [0.25, 0.3) is 28.2 Å². The van der Waals surface area contributed by atoms with Crippen molar-refractivity contribution in [3.05, 3.63) is 77.0 Å². The van der Waals surface area contributed by atoms with Crippen molar-refractivity contribution in [2.24, 2.45) is 0 Å². The van der Waals surface area contributed by atoms with E-state index in [4.69, 9.17) is 11.6 Å². The van der Waals surface area contributed by atoms with Gasteiger partial charge in [0, 0.05) is 30.1 Å². The highest BCUT2D eigenvalue weighted by Gasteiger charge is 2.24. The Morgan fingerprint density at radius 3 is 2.27 bits per heavy atom. The maximum absolute atomic E-state index is 14.5. The summed E-state index contributed by atoms with van der Waals surface area (Å²) in [6, 6.07) is 8.59. The lowest BCUT2D eigenvalue weighted by Gasteiger charge is -2.15. The van der Waals surface area contributed by atoms with Crippen LogP contribution in [0.4, 0.5) is 13.2 Å².